The average molecular weight is 332 g/mol. The van der Waals surface area contributed by atoms with E-state index in [4.69, 9.17) is 17.8 Å². The van der Waals surface area contributed by atoms with Gasteiger partial charge in [0.1, 0.15) is 6.23 Å². The second-order valence-corrected chi connectivity index (χ2v) is 8.60. The fourth-order valence-electron chi connectivity index (χ4n) is 1.34. The molecule has 0 bridgehead atoms. The molecule has 0 aliphatic heterocycles. The zero-order valence-corrected chi connectivity index (χ0v) is 14.4. The van der Waals surface area contributed by atoms with Gasteiger partial charge < -0.3 is 19.3 Å². The molecule has 0 radical (unpaired) electrons. The summed E-state index contributed by atoms with van der Waals surface area (Å²) < 4.78 is 20.5. The number of methoxy groups -OCH3 is 1. The van der Waals surface area contributed by atoms with Crippen molar-refractivity contribution in [3.05, 3.63) is 0 Å². The zero-order valence-electron chi connectivity index (χ0n) is 12.7. The number of aliphatic hydroxyl groups excluding tert-OH is 1. The van der Waals surface area contributed by atoms with Crippen molar-refractivity contribution >= 4 is 23.2 Å². The van der Waals surface area contributed by atoms with Crippen molar-refractivity contribution in [1.29, 1.82) is 0 Å². The maximum atomic E-state index is 9.64. The van der Waals surface area contributed by atoms with Crippen LogP contribution in [-0.4, -0.2) is 76.3 Å². The molecule has 20 heavy (non-hydrogen) atoms. The number of aliphatic hydroxyl groups is 1. The Hall–Kier alpha value is 0.460. The Balaban J connectivity index is 3.31. The Morgan fingerprint density at radius 3 is 2.45 bits per heavy atom. The van der Waals surface area contributed by atoms with Gasteiger partial charge in [-0.2, -0.15) is 0 Å². The highest BCUT2D eigenvalue weighted by molar-refractivity contribution is 8.31. The van der Waals surface area contributed by atoms with Crippen LogP contribution in [0.1, 0.15) is 6.42 Å². The lowest BCUT2D eigenvalue weighted by Crippen LogP contribution is -2.34. The third-order valence-electron chi connectivity index (χ3n) is 2.47. The smallest absolute Gasteiger partial charge is 0.128 e. The van der Waals surface area contributed by atoms with Gasteiger partial charge in [0.2, 0.25) is 0 Å². The van der Waals surface area contributed by atoms with Gasteiger partial charge in [-0.15, -0.1) is 10.3 Å². The SMILES string of the molecule is COCCOCCOCC(O)NCCCS(C)(C)OS. The van der Waals surface area contributed by atoms with Gasteiger partial charge in [0.15, 0.2) is 0 Å². The summed E-state index contributed by atoms with van der Waals surface area (Å²) in [5.41, 5.74) is 0. The molecule has 0 spiro atoms. The molecule has 0 aliphatic carbocycles. The summed E-state index contributed by atoms with van der Waals surface area (Å²) in [4.78, 5) is 0. The van der Waals surface area contributed by atoms with E-state index in [1.165, 1.54) is 0 Å². The molecule has 2 N–H and O–H groups in total. The van der Waals surface area contributed by atoms with Gasteiger partial charge in [0, 0.05) is 12.9 Å². The van der Waals surface area contributed by atoms with Crippen LogP contribution in [0.15, 0.2) is 0 Å². The first-order valence-corrected chi connectivity index (χ1v) is 9.52. The average Bonchev–Trinajstić information content (AvgIpc) is 2.43. The molecule has 0 aromatic carbocycles. The molecule has 0 fully saturated rings. The van der Waals surface area contributed by atoms with Gasteiger partial charge in [-0.25, -0.2) is 0 Å². The molecular formula is C12H29NO5S2. The largest absolute Gasteiger partial charge is 0.382 e. The maximum absolute atomic E-state index is 9.64. The minimum absolute atomic E-state index is 0.257. The minimum Gasteiger partial charge on any atom is -0.382 e. The van der Waals surface area contributed by atoms with Crippen molar-refractivity contribution in [2.24, 2.45) is 0 Å². The lowest BCUT2D eigenvalue weighted by atomic mass is 10.4. The van der Waals surface area contributed by atoms with E-state index < -0.39 is 16.5 Å². The fourth-order valence-corrected chi connectivity index (χ4v) is 2.48. The Morgan fingerprint density at radius 2 is 1.80 bits per heavy atom. The summed E-state index contributed by atoms with van der Waals surface area (Å²) >= 11 is 3.86. The molecule has 0 aliphatic rings. The summed E-state index contributed by atoms with van der Waals surface area (Å²) in [6.07, 6.45) is 4.40. The van der Waals surface area contributed by atoms with E-state index in [0.717, 1.165) is 18.7 Å². The van der Waals surface area contributed by atoms with E-state index in [1.54, 1.807) is 7.11 Å². The molecule has 0 saturated carbocycles. The second kappa shape index (κ2) is 13.1. The number of nitrogens with one attached hydrogen (secondary N) is 1. The van der Waals surface area contributed by atoms with Crippen molar-refractivity contribution in [3.63, 3.8) is 0 Å². The lowest BCUT2D eigenvalue weighted by Gasteiger charge is -2.27. The third kappa shape index (κ3) is 13.4. The van der Waals surface area contributed by atoms with E-state index >= 15 is 0 Å². The quantitative estimate of drug-likeness (QED) is 0.189. The summed E-state index contributed by atoms with van der Waals surface area (Å²) in [7, 11) is 0.567. The van der Waals surface area contributed by atoms with Crippen LogP contribution in [0.4, 0.5) is 0 Å². The monoisotopic (exact) mass is 331 g/mol. The fraction of sp³-hybridized carbons (Fsp3) is 1.00. The maximum Gasteiger partial charge on any atom is 0.128 e. The highest BCUT2D eigenvalue weighted by Crippen LogP contribution is 2.42. The van der Waals surface area contributed by atoms with Gasteiger partial charge in [-0.1, -0.05) is 0 Å². The van der Waals surface area contributed by atoms with E-state index in [2.05, 4.69) is 30.7 Å². The number of hydrogen-bond donors (Lipinski definition) is 3. The molecule has 6 nitrogen and oxygen atoms in total. The van der Waals surface area contributed by atoms with Crippen LogP contribution >= 0.6 is 23.2 Å². The zero-order chi connectivity index (χ0) is 15.3. The molecule has 0 saturated heterocycles. The molecule has 0 aromatic rings. The highest BCUT2D eigenvalue weighted by Gasteiger charge is 2.10. The second-order valence-electron chi connectivity index (χ2n) is 4.72. The Morgan fingerprint density at radius 1 is 1.15 bits per heavy atom. The van der Waals surface area contributed by atoms with E-state index in [-0.39, 0.29) is 6.61 Å². The van der Waals surface area contributed by atoms with Crippen LogP contribution in [0.25, 0.3) is 0 Å². The number of hydrogen-bond acceptors (Lipinski definition) is 7. The standard InChI is InChI=1S/C12H29NO5S2/c1-15-6-7-16-8-9-17-11-12(14)13-5-4-10-20(2,3)18-19/h12-14,19H,4-11H2,1-3H3. The van der Waals surface area contributed by atoms with Gasteiger partial charge in [0.05, 0.1) is 33.0 Å². The first-order valence-electron chi connectivity index (χ1n) is 6.61. The van der Waals surface area contributed by atoms with E-state index in [0.29, 0.717) is 26.4 Å². The third-order valence-corrected chi connectivity index (χ3v) is 5.36. The normalized spacial score (nSPS) is 14.4. The lowest BCUT2D eigenvalue weighted by molar-refractivity contribution is -0.0141. The van der Waals surface area contributed by atoms with E-state index in [9.17, 15) is 5.11 Å². The highest BCUT2D eigenvalue weighted by atomic mass is 32.3. The summed E-state index contributed by atoms with van der Waals surface area (Å²) in [6, 6.07) is 0. The Labute approximate surface area is 129 Å². The van der Waals surface area contributed by atoms with Crippen molar-refractivity contribution in [2.45, 2.75) is 12.6 Å². The molecule has 124 valence electrons. The van der Waals surface area contributed by atoms with Crippen molar-refractivity contribution in [2.75, 3.05) is 65.0 Å². The van der Waals surface area contributed by atoms with Crippen LogP contribution in [0, 0.1) is 0 Å². The number of thiol groups is 1. The van der Waals surface area contributed by atoms with Crippen molar-refractivity contribution in [3.8, 4) is 0 Å². The molecule has 0 rings (SSSR count). The van der Waals surface area contributed by atoms with Gasteiger partial charge in [0.25, 0.3) is 0 Å². The molecule has 8 heteroatoms. The van der Waals surface area contributed by atoms with E-state index in [1.807, 2.05) is 0 Å². The summed E-state index contributed by atoms with van der Waals surface area (Å²) in [5.74, 6) is 0.949. The molecule has 0 amide bonds. The summed E-state index contributed by atoms with van der Waals surface area (Å²) in [5, 5.41) is 12.6. The van der Waals surface area contributed by atoms with Crippen LogP contribution in [-0.2, 0) is 17.8 Å². The van der Waals surface area contributed by atoms with Crippen LogP contribution in [0.2, 0.25) is 0 Å². The van der Waals surface area contributed by atoms with Crippen molar-refractivity contribution in [1.82, 2.24) is 5.32 Å². The van der Waals surface area contributed by atoms with Crippen LogP contribution in [0.5, 0.6) is 0 Å². The van der Waals surface area contributed by atoms with Crippen molar-refractivity contribution < 1.29 is 22.9 Å². The molecule has 0 aromatic heterocycles. The molecule has 1 unspecified atom stereocenters. The topological polar surface area (TPSA) is 69.2 Å². The Kier molecular flexibility index (Phi) is 13.4. The predicted molar refractivity (Wildman–Crippen MR) is 86.5 cm³/mol. The van der Waals surface area contributed by atoms with Gasteiger partial charge in [-0.05, 0) is 38.4 Å². The van der Waals surface area contributed by atoms with Gasteiger partial charge >= 0.3 is 0 Å². The van der Waals surface area contributed by atoms with Crippen LogP contribution in [0.3, 0.4) is 0 Å². The van der Waals surface area contributed by atoms with Gasteiger partial charge in [-0.3, -0.25) is 8.95 Å². The molecule has 0 heterocycles. The number of ether oxygens (including phenoxy) is 3. The summed E-state index contributed by atoms with van der Waals surface area (Å²) in [6.45, 7) is 3.10. The molecular weight excluding hydrogens is 302 g/mol. The minimum atomic E-state index is -1.06. The predicted octanol–water partition coefficient (Wildman–Crippen LogP) is 0.805. The first kappa shape index (κ1) is 20.5. The Bertz CT molecular complexity index is 222. The molecule has 1 atom stereocenters. The van der Waals surface area contributed by atoms with Crippen LogP contribution < -0.4 is 5.32 Å². The first-order chi connectivity index (χ1) is 9.52. The number of rotatable bonds is 14.